The number of rotatable bonds is 9. The fraction of sp³-hybridized carbons (Fsp3) is 0.593. The molecule has 1 atom stereocenters. The summed E-state index contributed by atoms with van der Waals surface area (Å²) in [5, 5.41) is 0. The standard InChI is InChI=1S/C27H41N5O3/c1-20-17-24(28)30-25(29-20)31(18-22-11-13-23(34-5)14-12-22)15-7-6-9-21-10-8-16-32(19-21)26(33)35-27(2,3)4/h11-14,17,21H,6-10,15-16,18-19H2,1-5H3,(H2,28,29,30). The van der Waals surface area contributed by atoms with Crippen molar-refractivity contribution in [2.45, 2.75) is 71.9 Å². The van der Waals surface area contributed by atoms with Gasteiger partial charge in [-0.15, -0.1) is 0 Å². The van der Waals surface area contributed by atoms with E-state index in [0.717, 1.165) is 68.7 Å². The molecule has 1 aromatic heterocycles. The molecule has 2 heterocycles. The van der Waals surface area contributed by atoms with Crippen molar-refractivity contribution in [3.8, 4) is 5.75 Å². The number of nitrogens with zero attached hydrogens (tertiary/aromatic N) is 4. The molecule has 2 N–H and O–H groups in total. The maximum atomic E-state index is 12.5. The Balaban J connectivity index is 1.56. The average molecular weight is 484 g/mol. The Kier molecular flexibility index (Phi) is 9.18. The Morgan fingerprint density at radius 3 is 2.60 bits per heavy atom. The number of hydrogen-bond acceptors (Lipinski definition) is 7. The number of hydrogen-bond donors (Lipinski definition) is 1. The smallest absolute Gasteiger partial charge is 0.410 e. The van der Waals surface area contributed by atoms with Crippen LogP contribution in [0.4, 0.5) is 16.6 Å². The van der Waals surface area contributed by atoms with E-state index in [4.69, 9.17) is 15.2 Å². The van der Waals surface area contributed by atoms with Crippen LogP contribution in [0.25, 0.3) is 0 Å². The summed E-state index contributed by atoms with van der Waals surface area (Å²) in [6.07, 6.45) is 5.17. The fourth-order valence-corrected chi connectivity index (χ4v) is 4.45. The van der Waals surface area contributed by atoms with E-state index in [2.05, 4.69) is 27.0 Å². The van der Waals surface area contributed by atoms with Gasteiger partial charge in [0.15, 0.2) is 0 Å². The minimum atomic E-state index is -0.460. The van der Waals surface area contributed by atoms with Gasteiger partial charge in [0.2, 0.25) is 5.95 Å². The van der Waals surface area contributed by atoms with Crippen LogP contribution in [0.2, 0.25) is 0 Å². The first kappa shape index (κ1) is 26.6. The highest BCUT2D eigenvalue weighted by atomic mass is 16.6. The molecule has 1 fully saturated rings. The van der Waals surface area contributed by atoms with Gasteiger partial charge in [0.1, 0.15) is 17.2 Å². The number of anilines is 2. The zero-order valence-corrected chi connectivity index (χ0v) is 21.9. The van der Waals surface area contributed by atoms with Gasteiger partial charge < -0.3 is 25.0 Å². The zero-order chi connectivity index (χ0) is 25.4. The summed E-state index contributed by atoms with van der Waals surface area (Å²) >= 11 is 0. The van der Waals surface area contributed by atoms with Crippen LogP contribution in [0.3, 0.4) is 0 Å². The van der Waals surface area contributed by atoms with Crippen LogP contribution in [0, 0.1) is 12.8 Å². The van der Waals surface area contributed by atoms with Gasteiger partial charge in [0.25, 0.3) is 0 Å². The first-order chi connectivity index (χ1) is 16.6. The molecule has 1 aliphatic heterocycles. The molecule has 1 aliphatic rings. The number of aryl methyl sites for hydroxylation is 1. The quantitative estimate of drug-likeness (QED) is 0.490. The molecule has 0 aliphatic carbocycles. The van der Waals surface area contributed by atoms with Gasteiger partial charge in [-0.25, -0.2) is 9.78 Å². The van der Waals surface area contributed by atoms with Crippen LogP contribution in [0.5, 0.6) is 5.75 Å². The van der Waals surface area contributed by atoms with Gasteiger partial charge in [-0.2, -0.15) is 4.98 Å². The molecule has 1 aromatic carbocycles. The minimum absolute atomic E-state index is 0.193. The molecule has 1 unspecified atom stereocenters. The third-order valence-corrected chi connectivity index (χ3v) is 6.14. The van der Waals surface area contributed by atoms with Crippen molar-refractivity contribution in [2.24, 2.45) is 5.92 Å². The molecule has 0 bridgehead atoms. The van der Waals surface area contributed by atoms with E-state index in [9.17, 15) is 4.79 Å². The second kappa shape index (κ2) is 12.1. The maximum absolute atomic E-state index is 12.5. The molecular formula is C27H41N5O3. The van der Waals surface area contributed by atoms with E-state index in [1.54, 1.807) is 13.2 Å². The molecule has 3 rings (SSSR count). The fourth-order valence-electron chi connectivity index (χ4n) is 4.45. The number of ether oxygens (including phenoxy) is 2. The van der Waals surface area contributed by atoms with Crippen LogP contribution < -0.4 is 15.4 Å². The highest BCUT2D eigenvalue weighted by Crippen LogP contribution is 2.24. The van der Waals surface area contributed by atoms with E-state index in [-0.39, 0.29) is 6.09 Å². The third-order valence-electron chi connectivity index (χ3n) is 6.14. The van der Waals surface area contributed by atoms with Crippen molar-refractivity contribution in [1.82, 2.24) is 14.9 Å². The summed E-state index contributed by atoms with van der Waals surface area (Å²) in [6.45, 7) is 10.8. The van der Waals surface area contributed by atoms with E-state index in [0.29, 0.717) is 24.2 Å². The molecule has 192 valence electrons. The molecule has 0 saturated carbocycles. The second-order valence-electron chi connectivity index (χ2n) is 10.4. The monoisotopic (exact) mass is 483 g/mol. The number of unbranched alkanes of at least 4 members (excludes halogenated alkanes) is 1. The van der Waals surface area contributed by atoms with Crippen LogP contribution in [0.15, 0.2) is 30.3 Å². The molecule has 0 spiro atoms. The number of carbonyl (C=O) groups excluding carboxylic acids is 1. The van der Waals surface area contributed by atoms with Gasteiger partial charge in [-0.1, -0.05) is 18.6 Å². The molecular weight excluding hydrogens is 442 g/mol. The average Bonchev–Trinajstić information content (AvgIpc) is 2.80. The van der Waals surface area contributed by atoms with Crippen molar-refractivity contribution < 1.29 is 14.3 Å². The Labute approximate surface area is 209 Å². The Morgan fingerprint density at radius 1 is 1.20 bits per heavy atom. The van der Waals surface area contributed by atoms with Crippen molar-refractivity contribution in [1.29, 1.82) is 0 Å². The normalized spacial score (nSPS) is 16.1. The third kappa shape index (κ3) is 8.60. The lowest BCUT2D eigenvalue weighted by atomic mass is 9.93. The van der Waals surface area contributed by atoms with Crippen molar-refractivity contribution >= 4 is 17.9 Å². The van der Waals surface area contributed by atoms with E-state index < -0.39 is 5.60 Å². The van der Waals surface area contributed by atoms with Gasteiger partial charge >= 0.3 is 6.09 Å². The summed E-state index contributed by atoms with van der Waals surface area (Å²) in [5.41, 5.74) is 7.58. The molecule has 1 saturated heterocycles. The molecule has 1 amide bonds. The number of nitrogen functional groups attached to an aromatic ring is 1. The van der Waals surface area contributed by atoms with E-state index in [1.165, 1.54) is 0 Å². The lowest BCUT2D eigenvalue weighted by molar-refractivity contribution is 0.0160. The van der Waals surface area contributed by atoms with Gasteiger partial charge in [-0.05, 0) is 77.0 Å². The summed E-state index contributed by atoms with van der Waals surface area (Å²) < 4.78 is 10.9. The summed E-state index contributed by atoms with van der Waals surface area (Å²) in [7, 11) is 1.67. The Morgan fingerprint density at radius 2 is 1.94 bits per heavy atom. The van der Waals surface area contributed by atoms with Crippen molar-refractivity contribution in [2.75, 3.05) is 37.4 Å². The number of likely N-dealkylation sites (tertiary alicyclic amines) is 1. The molecule has 8 heteroatoms. The van der Waals surface area contributed by atoms with Crippen molar-refractivity contribution in [3.63, 3.8) is 0 Å². The summed E-state index contributed by atoms with van der Waals surface area (Å²) in [4.78, 5) is 25.7. The number of benzene rings is 1. The van der Waals surface area contributed by atoms with Crippen LogP contribution in [-0.4, -0.2) is 53.3 Å². The zero-order valence-electron chi connectivity index (χ0n) is 21.9. The first-order valence-corrected chi connectivity index (χ1v) is 12.6. The minimum Gasteiger partial charge on any atom is -0.497 e. The number of aromatic nitrogens is 2. The molecule has 8 nitrogen and oxygen atoms in total. The predicted molar refractivity (Wildman–Crippen MR) is 140 cm³/mol. The summed E-state index contributed by atoms with van der Waals surface area (Å²) in [5.74, 6) is 2.49. The van der Waals surface area contributed by atoms with E-state index >= 15 is 0 Å². The van der Waals surface area contributed by atoms with E-state index in [1.807, 2.05) is 44.7 Å². The predicted octanol–water partition coefficient (Wildman–Crippen LogP) is 5.20. The second-order valence-corrected chi connectivity index (χ2v) is 10.4. The maximum Gasteiger partial charge on any atom is 0.410 e. The summed E-state index contributed by atoms with van der Waals surface area (Å²) in [6, 6.07) is 9.86. The van der Waals surface area contributed by atoms with Gasteiger partial charge in [0.05, 0.1) is 7.11 Å². The van der Waals surface area contributed by atoms with Gasteiger partial charge in [0, 0.05) is 37.9 Å². The first-order valence-electron chi connectivity index (χ1n) is 12.6. The van der Waals surface area contributed by atoms with Crippen LogP contribution >= 0.6 is 0 Å². The lowest BCUT2D eigenvalue weighted by Crippen LogP contribution is -2.42. The highest BCUT2D eigenvalue weighted by molar-refractivity contribution is 5.68. The largest absolute Gasteiger partial charge is 0.497 e. The molecule has 0 radical (unpaired) electrons. The highest BCUT2D eigenvalue weighted by Gasteiger charge is 2.27. The molecule has 35 heavy (non-hydrogen) atoms. The SMILES string of the molecule is COc1ccc(CN(CCCCC2CCCN(C(=O)OC(C)(C)C)C2)c2nc(C)cc(N)n2)cc1. The Bertz CT molecular complexity index is 938. The Hall–Kier alpha value is -3.03. The topological polar surface area (TPSA) is 93.8 Å². The lowest BCUT2D eigenvalue weighted by Gasteiger charge is -2.34. The number of carbonyl (C=O) groups is 1. The van der Waals surface area contributed by atoms with Crippen molar-refractivity contribution in [3.05, 3.63) is 41.6 Å². The van der Waals surface area contributed by atoms with Crippen LogP contribution in [0.1, 0.15) is 64.1 Å². The van der Waals surface area contributed by atoms with Crippen LogP contribution in [-0.2, 0) is 11.3 Å². The molecule has 2 aromatic rings. The number of piperidine rings is 1. The number of amides is 1. The van der Waals surface area contributed by atoms with Gasteiger partial charge in [-0.3, -0.25) is 0 Å². The number of methoxy groups -OCH3 is 1. The number of nitrogens with two attached hydrogens (primary N) is 1.